The van der Waals surface area contributed by atoms with Crippen molar-refractivity contribution in [3.63, 3.8) is 0 Å². The highest BCUT2D eigenvalue weighted by atomic mass is 14.3. The molecule has 0 heterocycles. The van der Waals surface area contributed by atoms with Gasteiger partial charge in [0.1, 0.15) is 0 Å². The molecule has 1 unspecified atom stereocenters. The van der Waals surface area contributed by atoms with Crippen LogP contribution in [0.25, 0.3) is 0 Å². The second-order valence-electron chi connectivity index (χ2n) is 4.53. The van der Waals surface area contributed by atoms with Gasteiger partial charge in [-0.2, -0.15) is 0 Å². The molecule has 0 aliphatic carbocycles. The highest BCUT2D eigenvalue weighted by molar-refractivity contribution is 5.05. The van der Waals surface area contributed by atoms with Crippen LogP contribution >= 0.6 is 0 Å². The highest BCUT2D eigenvalue weighted by Crippen LogP contribution is 2.37. The van der Waals surface area contributed by atoms with Gasteiger partial charge in [0, 0.05) is 0 Å². The van der Waals surface area contributed by atoms with E-state index in [0.717, 1.165) is 5.92 Å². The van der Waals surface area contributed by atoms with Gasteiger partial charge in [0.05, 0.1) is 0 Å². The molecule has 0 aromatic carbocycles. The van der Waals surface area contributed by atoms with Gasteiger partial charge in [-0.05, 0) is 24.2 Å². The van der Waals surface area contributed by atoms with E-state index in [4.69, 9.17) is 0 Å². The first kappa shape index (κ1) is 10.7. The van der Waals surface area contributed by atoms with E-state index >= 15 is 0 Å². The van der Waals surface area contributed by atoms with Crippen LogP contribution in [-0.4, -0.2) is 0 Å². The van der Waals surface area contributed by atoms with Crippen LogP contribution in [0.1, 0.15) is 41.5 Å². The third-order valence-corrected chi connectivity index (χ3v) is 3.24. The average molecular weight is 154 g/mol. The third-order valence-electron chi connectivity index (χ3n) is 3.24. The van der Waals surface area contributed by atoms with Crippen molar-refractivity contribution in [1.82, 2.24) is 0 Å². The molecule has 0 saturated carbocycles. The summed E-state index contributed by atoms with van der Waals surface area (Å²) >= 11 is 0. The lowest BCUT2D eigenvalue weighted by atomic mass is 9.70. The summed E-state index contributed by atoms with van der Waals surface area (Å²) < 4.78 is 0. The fraction of sp³-hybridized carbons (Fsp3) is 0.818. The normalized spacial score (nSPS) is 15.2. The Balaban J connectivity index is 4.42. The van der Waals surface area contributed by atoms with E-state index in [1.54, 1.807) is 0 Å². The molecular formula is C11H22. The summed E-state index contributed by atoms with van der Waals surface area (Å²) in [4.78, 5) is 0. The zero-order chi connectivity index (χ0) is 9.23. The van der Waals surface area contributed by atoms with Crippen molar-refractivity contribution < 1.29 is 0 Å². The Labute approximate surface area is 71.7 Å². The molecule has 0 radical (unpaired) electrons. The molecule has 0 nitrogen and oxygen atoms in total. The first-order chi connectivity index (χ1) is 4.80. The van der Waals surface area contributed by atoms with E-state index in [1.165, 1.54) is 5.57 Å². The topological polar surface area (TPSA) is 0 Å². The molecule has 0 aromatic rings. The number of hydrogen-bond acceptors (Lipinski definition) is 0. The molecule has 0 aliphatic rings. The summed E-state index contributed by atoms with van der Waals surface area (Å²) in [6.45, 7) is 17.6. The number of hydrogen-bond donors (Lipinski definition) is 0. The maximum absolute atomic E-state index is 4.03. The first-order valence-electron chi connectivity index (χ1n) is 4.46. The molecule has 0 bridgehead atoms. The zero-order valence-electron chi connectivity index (χ0n) is 8.86. The Kier molecular flexibility index (Phi) is 3.34. The predicted molar refractivity (Wildman–Crippen MR) is 52.6 cm³/mol. The van der Waals surface area contributed by atoms with Crippen LogP contribution in [0.5, 0.6) is 0 Å². The van der Waals surface area contributed by atoms with Crippen LogP contribution in [0, 0.1) is 17.3 Å². The molecule has 0 aromatic heterocycles. The van der Waals surface area contributed by atoms with Crippen molar-refractivity contribution >= 4 is 0 Å². The van der Waals surface area contributed by atoms with E-state index < -0.39 is 0 Å². The van der Waals surface area contributed by atoms with E-state index in [1.807, 2.05) is 0 Å². The van der Waals surface area contributed by atoms with Crippen molar-refractivity contribution in [2.75, 3.05) is 0 Å². The lowest BCUT2D eigenvalue weighted by molar-refractivity contribution is 0.219. The maximum atomic E-state index is 4.03. The van der Waals surface area contributed by atoms with Crippen LogP contribution in [-0.2, 0) is 0 Å². The highest BCUT2D eigenvalue weighted by Gasteiger charge is 2.28. The first-order valence-corrected chi connectivity index (χ1v) is 4.46. The Hall–Kier alpha value is -0.260. The Morgan fingerprint density at radius 2 is 1.55 bits per heavy atom. The van der Waals surface area contributed by atoms with Crippen molar-refractivity contribution in [1.29, 1.82) is 0 Å². The smallest absolute Gasteiger partial charge is 0.0122 e. The van der Waals surface area contributed by atoms with Crippen LogP contribution in [0.3, 0.4) is 0 Å². The molecule has 0 amide bonds. The van der Waals surface area contributed by atoms with Gasteiger partial charge in [-0.1, -0.05) is 46.8 Å². The van der Waals surface area contributed by atoms with Crippen LogP contribution in [0.4, 0.5) is 0 Å². The standard InChI is InChI=1S/C11H22/c1-8(2)10(5)11(6,7)9(3)4/h8,10H,3H2,1-2,4-7H3. The molecule has 66 valence electrons. The van der Waals surface area contributed by atoms with Crippen molar-refractivity contribution in [3.05, 3.63) is 12.2 Å². The van der Waals surface area contributed by atoms with Gasteiger partial charge in [-0.3, -0.25) is 0 Å². The van der Waals surface area contributed by atoms with Gasteiger partial charge in [0.2, 0.25) is 0 Å². The predicted octanol–water partition coefficient (Wildman–Crippen LogP) is 3.88. The SMILES string of the molecule is C=C(C)C(C)(C)C(C)C(C)C. The molecular weight excluding hydrogens is 132 g/mol. The quantitative estimate of drug-likeness (QED) is 0.541. The minimum atomic E-state index is 0.286. The Morgan fingerprint density at radius 3 is 1.64 bits per heavy atom. The van der Waals surface area contributed by atoms with E-state index in [-0.39, 0.29) is 5.41 Å². The summed E-state index contributed by atoms with van der Waals surface area (Å²) in [5, 5.41) is 0. The second-order valence-corrected chi connectivity index (χ2v) is 4.53. The van der Waals surface area contributed by atoms with Gasteiger partial charge in [-0.25, -0.2) is 0 Å². The molecule has 1 atom stereocenters. The fourth-order valence-electron chi connectivity index (χ4n) is 1.22. The van der Waals surface area contributed by atoms with Gasteiger partial charge in [-0.15, -0.1) is 0 Å². The van der Waals surface area contributed by atoms with E-state index in [0.29, 0.717) is 5.92 Å². The third kappa shape index (κ3) is 2.36. The van der Waals surface area contributed by atoms with Crippen LogP contribution in [0.2, 0.25) is 0 Å². The summed E-state index contributed by atoms with van der Waals surface area (Å²) in [6.07, 6.45) is 0. The number of allylic oxidation sites excluding steroid dienone is 1. The maximum Gasteiger partial charge on any atom is -0.0122 e. The van der Waals surface area contributed by atoms with Crippen LogP contribution in [0.15, 0.2) is 12.2 Å². The zero-order valence-corrected chi connectivity index (χ0v) is 8.86. The summed E-state index contributed by atoms with van der Waals surface area (Å²) in [5.74, 6) is 1.45. The summed E-state index contributed by atoms with van der Waals surface area (Å²) in [6, 6.07) is 0. The summed E-state index contributed by atoms with van der Waals surface area (Å²) in [7, 11) is 0. The van der Waals surface area contributed by atoms with Crippen molar-refractivity contribution in [2.24, 2.45) is 17.3 Å². The average Bonchev–Trinajstić information content (AvgIpc) is 1.85. The molecule has 0 saturated heterocycles. The minimum absolute atomic E-state index is 0.286. The molecule has 0 spiro atoms. The van der Waals surface area contributed by atoms with Gasteiger partial charge >= 0.3 is 0 Å². The van der Waals surface area contributed by atoms with Gasteiger partial charge in [0.15, 0.2) is 0 Å². The Bertz CT molecular complexity index is 140. The molecule has 0 rings (SSSR count). The second kappa shape index (κ2) is 3.42. The van der Waals surface area contributed by atoms with Gasteiger partial charge in [0.25, 0.3) is 0 Å². The molecule has 0 N–H and O–H groups in total. The van der Waals surface area contributed by atoms with Crippen LogP contribution < -0.4 is 0 Å². The largest absolute Gasteiger partial charge is 0.0996 e. The lowest BCUT2D eigenvalue weighted by Crippen LogP contribution is -2.26. The van der Waals surface area contributed by atoms with E-state index in [9.17, 15) is 0 Å². The minimum Gasteiger partial charge on any atom is -0.0996 e. The molecule has 11 heavy (non-hydrogen) atoms. The molecule has 0 heteroatoms. The Morgan fingerprint density at radius 1 is 1.18 bits per heavy atom. The van der Waals surface area contributed by atoms with Crippen molar-refractivity contribution in [3.8, 4) is 0 Å². The summed E-state index contributed by atoms with van der Waals surface area (Å²) in [5.41, 5.74) is 1.58. The van der Waals surface area contributed by atoms with E-state index in [2.05, 4.69) is 48.1 Å². The monoisotopic (exact) mass is 154 g/mol. The lowest BCUT2D eigenvalue weighted by Gasteiger charge is -2.35. The molecule has 0 fully saturated rings. The number of rotatable bonds is 3. The van der Waals surface area contributed by atoms with Gasteiger partial charge < -0.3 is 0 Å². The van der Waals surface area contributed by atoms with Crippen molar-refractivity contribution in [2.45, 2.75) is 41.5 Å². The molecule has 0 aliphatic heterocycles. The fourth-order valence-corrected chi connectivity index (χ4v) is 1.22.